The van der Waals surface area contributed by atoms with Gasteiger partial charge in [-0.1, -0.05) is 0 Å². The van der Waals surface area contributed by atoms with E-state index in [1.54, 1.807) is 24.8 Å². The van der Waals surface area contributed by atoms with Crippen LogP contribution < -0.4 is 5.32 Å². The van der Waals surface area contributed by atoms with Crippen molar-refractivity contribution in [1.82, 2.24) is 20.3 Å². The Kier molecular flexibility index (Phi) is 3.23. The van der Waals surface area contributed by atoms with E-state index in [-0.39, 0.29) is 5.91 Å². The molecular formula is C14H16N4O2. The Morgan fingerprint density at radius 3 is 3.05 bits per heavy atom. The minimum atomic E-state index is -0.580. The number of carbonyl (C=O) groups excluding carboxylic acids is 1. The van der Waals surface area contributed by atoms with E-state index in [9.17, 15) is 4.79 Å². The van der Waals surface area contributed by atoms with E-state index in [4.69, 9.17) is 4.74 Å². The third-order valence-corrected chi connectivity index (χ3v) is 3.61. The smallest absolute Gasteiger partial charge is 0.253 e. The molecule has 1 unspecified atom stereocenters. The molecule has 104 valence electrons. The van der Waals surface area contributed by atoms with Crippen LogP contribution in [0.5, 0.6) is 0 Å². The first-order valence-corrected chi connectivity index (χ1v) is 6.52. The average Bonchev–Trinajstić information content (AvgIpc) is 3.10. The SMILES string of the molecule is Cc1ccncc1C(=O)NC1(c2ncc[nH]2)CCOC1. The molecule has 0 saturated carbocycles. The number of nitrogens with zero attached hydrogens (tertiary/aromatic N) is 2. The van der Waals surface area contributed by atoms with Gasteiger partial charge in [0.25, 0.3) is 5.91 Å². The van der Waals surface area contributed by atoms with Crippen molar-refractivity contribution in [3.05, 3.63) is 47.8 Å². The minimum Gasteiger partial charge on any atom is -0.378 e. The molecule has 1 aliphatic rings. The number of carbonyl (C=O) groups is 1. The summed E-state index contributed by atoms with van der Waals surface area (Å²) in [5.41, 5.74) is 0.888. The van der Waals surface area contributed by atoms with Gasteiger partial charge in [-0.05, 0) is 18.6 Å². The molecule has 20 heavy (non-hydrogen) atoms. The van der Waals surface area contributed by atoms with E-state index < -0.39 is 5.54 Å². The van der Waals surface area contributed by atoms with Gasteiger partial charge >= 0.3 is 0 Å². The van der Waals surface area contributed by atoms with Gasteiger partial charge in [-0.3, -0.25) is 9.78 Å². The zero-order valence-electron chi connectivity index (χ0n) is 11.2. The fraction of sp³-hybridized carbons (Fsp3) is 0.357. The van der Waals surface area contributed by atoms with E-state index in [2.05, 4.69) is 20.3 Å². The number of aryl methyl sites for hydroxylation is 1. The molecule has 1 aliphatic heterocycles. The minimum absolute atomic E-state index is 0.155. The Bertz CT molecular complexity index is 603. The third-order valence-electron chi connectivity index (χ3n) is 3.61. The van der Waals surface area contributed by atoms with E-state index in [1.165, 1.54) is 0 Å². The predicted molar refractivity (Wildman–Crippen MR) is 72.1 cm³/mol. The second-order valence-electron chi connectivity index (χ2n) is 4.97. The van der Waals surface area contributed by atoms with Gasteiger partial charge in [-0.15, -0.1) is 0 Å². The lowest BCUT2D eigenvalue weighted by atomic mass is 9.96. The number of rotatable bonds is 3. The maximum absolute atomic E-state index is 12.5. The molecule has 0 bridgehead atoms. The molecule has 6 nitrogen and oxygen atoms in total. The van der Waals surface area contributed by atoms with E-state index in [1.807, 2.05) is 13.0 Å². The Labute approximate surface area is 116 Å². The number of aromatic amines is 1. The fourth-order valence-corrected chi connectivity index (χ4v) is 2.42. The van der Waals surface area contributed by atoms with Crippen LogP contribution in [0.15, 0.2) is 30.9 Å². The summed E-state index contributed by atoms with van der Waals surface area (Å²) < 4.78 is 5.46. The Morgan fingerprint density at radius 2 is 2.40 bits per heavy atom. The first kappa shape index (κ1) is 12.8. The summed E-state index contributed by atoms with van der Waals surface area (Å²) in [5.74, 6) is 0.572. The zero-order chi connectivity index (χ0) is 14.0. The molecule has 0 spiro atoms. The molecule has 3 heterocycles. The van der Waals surface area contributed by atoms with Crippen molar-refractivity contribution >= 4 is 5.91 Å². The number of aromatic nitrogens is 3. The number of hydrogen-bond acceptors (Lipinski definition) is 4. The van der Waals surface area contributed by atoms with Crippen molar-refractivity contribution in [2.24, 2.45) is 0 Å². The maximum Gasteiger partial charge on any atom is 0.253 e. The van der Waals surface area contributed by atoms with E-state index >= 15 is 0 Å². The molecule has 1 atom stereocenters. The average molecular weight is 272 g/mol. The predicted octanol–water partition coefficient (Wildman–Crippen LogP) is 1.16. The van der Waals surface area contributed by atoms with Gasteiger partial charge in [-0.25, -0.2) is 4.98 Å². The largest absolute Gasteiger partial charge is 0.378 e. The van der Waals surface area contributed by atoms with Crippen LogP contribution in [0.4, 0.5) is 0 Å². The lowest BCUT2D eigenvalue weighted by Crippen LogP contribution is -2.47. The van der Waals surface area contributed by atoms with Crippen molar-refractivity contribution < 1.29 is 9.53 Å². The molecule has 1 amide bonds. The van der Waals surface area contributed by atoms with Crippen molar-refractivity contribution in [2.75, 3.05) is 13.2 Å². The second kappa shape index (κ2) is 5.05. The lowest BCUT2D eigenvalue weighted by molar-refractivity contribution is 0.0868. The lowest BCUT2D eigenvalue weighted by Gasteiger charge is -2.26. The number of pyridine rings is 1. The molecule has 6 heteroatoms. The summed E-state index contributed by atoms with van der Waals surface area (Å²) >= 11 is 0. The van der Waals surface area contributed by atoms with Crippen LogP contribution in [0.25, 0.3) is 0 Å². The molecular weight excluding hydrogens is 256 g/mol. The van der Waals surface area contributed by atoms with Crippen molar-refractivity contribution in [2.45, 2.75) is 18.9 Å². The number of ether oxygens (including phenoxy) is 1. The molecule has 1 fully saturated rings. The first-order valence-electron chi connectivity index (χ1n) is 6.52. The summed E-state index contributed by atoms with van der Waals surface area (Å²) in [5, 5.41) is 3.05. The zero-order valence-corrected chi connectivity index (χ0v) is 11.2. The highest BCUT2D eigenvalue weighted by Crippen LogP contribution is 2.28. The standard InChI is InChI=1S/C14H16N4O2/c1-10-2-4-15-8-11(10)12(19)18-14(3-7-20-9-14)13-16-5-6-17-13/h2,4-6,8H,3,7,9H2,1H3,(H,16,17)(H,18,19). The number of hydrogen-bond donors (Lipinski definition) is 2. The van der Waals surface area contributed by atoms with Gasteiger partial charge in [0.2, 0.25) is 0 Å². The summed E-state index contributed by atoms with van der Waals surface area (Å²) in [6.45, 7) is 2.92. The molecule has 2 aromatic rings. The van der Waals surface area contributed by atoms with Crippen molar-refractivity contribution in [3.63, 3.8) is 0 Å². The van der Waals surface area contributed by atoms with Crippen LogP contribution in [-0.2, 0) is 10.3 Å². The van der Waals surface area contributed by atoms with Crippen LogP contribution in [0.3, 0.4) is 0 Å². The van der Waals surface area contributed by atoms with Gasteiger partial charge in [0.05, 0.1) is 12.2 Å². The number of H-pyrrole nitrogens is 1. The topological polar surface area (TPSA) is 79.9 Å². The van der Waals surface area contributed by atoms with Gasteiger partial charge in [-0.2, -0.15) is 0 Å². The molecule has 1 saturated heterocycles. The number of imidazole rings is 1. The Balaban J connectivity index is 1.88. The fourth-order valence-electron chi connectivity index (χ4n) is 2.42. The summed E-state index contributed by atoms with van der Waals surface area (Å²) in [4.78, 5) is 23.8. The van der Waals surface area contributed by atoms with Crippen molar-refractivity contribution in [1.29, 1.82) is 0 Å². The molecule has 2 N–H and O–H groups in total. The molecule has 3 rings (SSSR count). The van der Waals surface area contributed by atoms with Crippen LogP contribution in [-0.4, -0.2) is 34.1 Å². The first-order chi connectivity index (χ1) is 9.71. The highest BCUT2D eigenvalue weighted by atomic mass is 16.5. The summed E-state index contributed by atoms with van der Waals surface area (Å²) in [6.07, 6.45) is 7.38. The van der Waals surface area contributed by atoms with Crippen LogP contribution in [0, 0.1) is 6.92 Å². The normalized spacial score (nSPS) is 21.9. The quantitative estimate of drug-likeness (QED) is 0.878. The molecule has 0 aromatic carbocycles. The molecule has 0 aliphatic carbocycles. The Morgan fingerprint density at radius 1 is 1.50 bits per heavy atom. The van der Waals surface area contributed by atoms with Crippen LogP contribution >= 0.6 is 0 Å². The van der Waals surface area contributed by atoms with Gasteiger partial charge in [0, 0.05) is 37.8 Å². The third kappa shape index (κ3) is 2.18. The van der Waals surface area contributed by atoms with E-state index in [0.29, 0.717) is 25.2 Å². The molecule has 0 radical (unpaired) electrons. The summed E-state index contributed by atoms with van der Waals surface area (Å²) in [6, 6.07) is 1.82. The number of amides is 1. The van der Waals surface area contributed by atoms with Crippen LogP contribution in [0.1, 0.15) is 28.2 Å². The Hall–Kier alpha value is -2.21. The molecule has 2 aromatic heterocycles. The van der Waals surface area contributed by atoms with Gasteiger partial charge in [0.1, 0.15) is 11.4 Å². The highest BCUT2D eigenvalue weighted by Gasteiger charge is 2.40. The number of nitrogens with one attached hydrogen (secondary N) is 2. The van der Waals surface area contributed by atoms with Crippen LogP contribution in [0.2, 0.25) is 0 Å². The monoisotopic (exact) mass is 272 g/mol. The van der Waals surface area contributed by atoms with Crippen molar-refractivity contribution in [3.8, 4) is 0 Å². The maximum atomic E-state index is 12.5. The summed E-state index contributed by atoms with van der Waals surface area (Å²) in [7, 11) is 0. The highest BCUT2D eigenvalue weighted by molar-refractivity contribution is 5.95. The van der Waals surface area contributed by atoms with Gasteiger partial charge < -0.3 is 15.0 Å². The van der Waals surface area contributed by atoms with E-state index in [0.717, 1.165) is 11.4 Å². The van der Waals surface area contributed by atoms with Gasteiger partial charge in [0.15, 0.2) is 0 Å². The second-order valence-corrected chi connectivity index (χ2v) is 4.97.